The molecule has 19 heavy (non-hydrogen) atoms. The van der Waals surface area contributed by atoms with E-state index in [2.05, 4.69) is 19.6 Å². The molecule has 0 amide bonds. The lowest BCUT2D eigenvalue weighted by Gasteiger charge is -2.40. The van der Waals surface area contributed by atoms with Crippen LogP contribution < -0.4 is 0 Å². The molecule has 0 aromatic carbocycles. The van der Waals surface area contributed by atoms with Crippen LogP contribution in [0.3, 0.4) is 0 Å². The van der Waals surface area contributed by atoms with Crippen LogP contribution in [0.5, 0.6) is 0 Å². The molecular weight excluding hydrogens is 268 g/mol. The Kier molecular flexibility index (Phi) is 8.29. The molecule has 0 aliphatic carbocycles. The van der Waals surface area contributed by atoms with E-state index in [1.165, 1.54) is 19.3 Å². The lowest BCUT2D eigenvalue weighted by atomic mass is 10.0. The van der Waals surface area contributed by atoms with Gasteiger partial charge in [-0.15, -0.1) is 0 Å². The standard InChI is InChI=1S/C13H26O5S/c1-2-3-4-5-6-7-17-13-11(16)10(15)12(19)9(8-14)18-13/h9-16,19H,2-8H2,1H3/t9-,10-,11-,12-,13+/m1/s1. The summed E-state index contributed by atoms with van der Waals surface area (Å²) in [5.74, 6) is 0. The largest absolute Gasteiger partial charge is 0.394 e. The summed E-state index contributed by atoms with van der Waals surface area (Å²) in [5.41, 5.74) is 0. The van der Waals surface area contributed by atoms with Crippen molar-refractivity contribution in [2.24, 2.45) is 0 Å². The zero-order valence-corrected chi connectivity index (χ0v) is 12.3. The first-order valence-corrected chi connectivity index (χ1v) is 7.55. The Morgan fingerprint density at radius 1 is 1.11 bits per heavy atom. The minimum atomic E-state index is -1.12. The molecule has 114 valence electrons. The predicted octanol–water partition coefficient (Wildman–Crippen LogP) is 0.711. The van der Waals surface area contributed by atoms with E-state index in [4.69, 9.17) is 14.6 Å². The van der Waals surface area contributed by atoms with Crippen LogP contribution in [0.25, 0.3) is 0 Å². The van der Waals surface area contributed by atoms with E-state index in [0.29, 0.717) is 6.61 Å². The van der Waals surface area contributed by atoms with E-state index in [0.717, 1.165) is 12.8 Å². The summed E-state index contributed by atoms with van der Waals surface area (Å²) in [4.78, 5) is 0. The molecule has 0 saturated carbocycles. The van der Waals surface area contributed by atoms with Gasteiger partial charge in [0, 0.05) is 6.61 Å². The van der Waals surface area contributed by atoms with E-state index in [1.807, 2.05) is 0 Å². The second kappa shape index (κ2) is 9.15. The molecule has 5 nitrogen and oxygen atoms in total. The Labute approximate surface area is 120 Å². The maximum Gasteiger partial charge on any atom is 0.186 e. The van der Waals surface area contributed by atoms with Crippen molar-refractivity contribution in [1.29, 1.82) is 0 Å². The molecule has 0 bridgehead atoms. The number of aliphatic hydroxyl groups is 3. The summed E-state index contributed by atoms with van der Waals surface area (Å²) >= 11 is 4.13. The lowest BCUT2D eigenvalue weighted by Crippen LogP contribution is -2.57. The zero-order chi connectivity index (χ0) is 14.3. The Bertz CT molecular complexity index is 239. The van der Waals surface area contributed by atoms with Crippen LogP contribution in [0, 0.1) is 0 Å². The van der Waals surface area contributed by atoms with Crippen LogP contribution >= 0.6 is 12.6 Å². The van der Waals surface area contributed by atoms with Crippen LogP contribution in [0.15, 0.2) is 0 Å². The summed E-state index contributed by atoms with van der Waals surface area (Å²) in [6, 6.07) is 0. The van der Waals surface area contributed by atoms with Crippen molar-refractivity contribution in [2.75, 3.05) is 13.2 Å². The summed E-state index contributed by atoms with van der Waals surface area (Å²) in [6.45, 7) is 2.38. The van der Waals surface area contributed by atoms with Crippen LogP contribution in [-0.4, -0.2) is 58.4 Å². The number of rotatable bonds is 8. The van der Waals surface area contributed by atoms with Gasteiger partial charge >= 0.3 is 0 Å². The molecule has 0 radical (unpaired) electrons. The maximum atomic E-state index is 9.83. The summed E-state index contributed by atoms with van der Waals surface area (Å²) in [6.07, 6.45) is 1.88. The van der Waals surface area contributed by atoms with Gasteiger partial charge in [0.25, 0.3) is 0 Å². The number of unbranched alkanes of at least 4 members (excludes halogenated alkanes) is 4. The summed E-state index contributed by atoms with van der Waals surface area (Å²) in [7, 11) is 0. The predicted molar refractivity (Wildman–Crippen MR) is 75.2 cm³/mol. The fourth-order valence-corrected chi connectivity index (χ4v) is 2.45. The van der Waals surface area contributed by atoms with Crippen molar-refractivity contribution in [3.8, 4) is 0 Å². The van der Waals surface area contributed by atoms with Gasteiger partial charge in [-0.25, -0.2) is 0 Å². The molecule has 5 atom stereocenters. The second-order valence-corrected chi connectivity index (χ2v) is 5.58. The molecule has 6 heteroatoms. The van der Waals surface area contributed by atoms with Crippen molar-refractivity contribution in [3.05, 3.63) is 0 Å². The molecule has 1 rings (SSSR count). The van der Waals surface area contributed by atoms with Crippen molar-refractivity contribution in [1.82, 2.24) is 0 Å². The van der Waals surface area contributed by atoms with Gasteiger partial charge in [-0.2, -0.15) is 12.6 Å². The molecule has 0 aromatic rings. The van der Waals surface area contributed by atoms with Crippen molar-refractivity contribution in [3.63, 3.8) is 0 Å². The van der Waals surface area contributed by atoms with E-state index in [-0.39, 0.29) is 6.61 Å². The highest BCUT2D eigenvalue weighted by Gasteiger charge is 2.42. The minimum absolute atomic E-state index is 0.256. The highest BCUT2D eigenvalue weighted by molar-refractivity contribution is 7.81. The molecule has 3 N–H and O–H groups in total. The van der Waals surface area contributed by atoms with Crippen LogP contribution in [0.4, 0.5) is 0 Å². The molecule has 1 fully saturated rings. The Balaban J connectivity index is 2.28. The third-order valence-corrected chi connectivity index (χ3v) is 4.02. The first kappa shape index (κ1) is 17.2. The molecule has 1 saturated heterocycles. The number of hydrogen-bond acceptors (Lipinski definition) is 6. The van der Waals surface area contributed by atoms with Gasteiger partial charge < -0.3 is 24.8 Å². The molecule has 1 heterocycles. The Morgan fingerprint density at radius 3 is 2.42 bits per heavy atom. The number of thiol groups is 1. The average molecular weight is 294 g/mol. The van der Waals surface area contributed by atoms with E-state index in [1.54, 1.807) is 0 Å². The van der Waals surface area contributed by atoms with Crippen molar-refractivity contribution >= 4 is 12.6 Å². The zero-order valence-electron chi connectivity index (χ0n) is 11.4. The van der Waals surface area contributed by atoms with E-state index < -0.39 is 29.9 Å². The molecule has 1 aliphatic heterocycles. The first-order valence-electron chi connectivity index (χ1n) is 7.04. The van der Waals surface area contributed by atoms with Gasteiger partial charge in [-0.1, -0.05) is 32.6 Å². The van der Waals surface area contributed by atoms with Gasteiger partial charge in [0.05, 0.1) is 24.1 Å². The van der Waals surface area contributed by atoms with Gasteiger partial charge in [0.1, 0.15) is 6.10 Å². The quantitative estimate of drug-likeness (QED) is 0.392. The van der Waals surface area contributed by atoms with Crippen LogP contribution in [0.2, 0.25) is 0 Å². The summed E-state index contributed by atoms with van der Waals surface area (Å²) < 4.78 is 10.8. The molecule has 0 spiro atoms. The van der Waals surface area contributed by atoms with Crippen LogP contribution in [0.1, 0.15) is 39.0 Å². The number of aliphatic hydroxyl groups excluding tert-OH is 3. The smallest absolute Gasteiger partial charge is 0.186 e. The normalized spacial score (nSPS) is 35.5. The lowest BCUT2D eigenvalue weighted by molar-refractivity contribution is -0.268. The average Bonchev–Trinajstić information content (AvgIpc) is 2.42. The molecule has 0 aromatic heterocycles. The fourth-order valence-electron chi connectivity index (χ4n) is 2.11. The van der Waals surface area contributed by atoms with Crippen molar-refractivity contribution < 1.29 is 24.8 Å². The Morgan fingerprint density at radius 2 is 1.79 bits per heavy atom. The highest BCUT2D eigenvalue weighted by atomic mass is 32.1. The second-order valence-electron chi connectivity index (χ2n) is 4.98. The molecule has 1 aliphatic rings. The Hall–Kier alpha value is 0.150. The molecule has 0 unspecified atom stereocenters. The topological polar surface area (TPSA) is 79.2 Å². The van der Waals surface area contributed by atoms with Gasteiger partial charge in [-0.3, -0.25) is 0 Å². The highest BCUT2D eigenvalue weighted by Crippen LogP contribution is 2.25. The van der Waals surface area contributed by atoms with Gasteiger partial charge in [0.2, 0.25) is 0 Å². The van der Waals surface area contributed by atoms with E-state index >= 15 is 0 Å². The molecular formula is C13H26O5S. The van der Waals surface area contributed by atoms with Gasteiger partial charge in [-0.05, 0) is 6.42 Å². The van der Waals surface area contributed by atoms with Gasteiger partial charge in [0.15, 0.2) is 6.29 Å². The fraction of sp³-hybridized carbons (Fsp3) is 1.00. The van der Waals surface area contributed by atoms with Crippen LogP contribution in [-0.2, 0) is 9.47 Å². The summed E-state index contributed by atoms with van der Waals surface area (Å²) in [5, 5.41) is 28.1. The SMILES string of the molecule is CCCCCCCO[C@H]1O[C@H](CO)[C@@H](S)[C@H](O)[C@H]1O. The number of ether oxygens (including phenoxy) is 2. The maximum absolute atomic E-state index is 9.83. The first-order chi connectivity index (χ1) is 9.11. The third-order valence-electron chi connectivity index (χ3n) is 3.38. The van der Waals surface area contributed by atoms with E-state index in [9.17, 15) is 10.2 Å². The minimum Gasteiger partial charge on any atom is -0.394 e. The number of hydrogen-bond donors (Lipinski definition) is 4. The third kappa shape index (κ3) is 5.21. The van der Waals surface area contributed by atoms with Crippen molar-refractivity contribution in [2.45, 2.75) is 68.9 Å². The monoisotopic (exact) mass is 294 g/mol.